The molecule has 1 rings (SSSR count). The number of rotatable bonds is 9. The number of hydrogen-bond donors (Lipinski definition) is 0. The number of allylic oxidation sites excluding steroid dienone is 1. The van der Waals surface area contributed by atoms with Crippen LogP contribution >= 0.6 is 0 Å². The van der Waals surface area contributed by atoms with Gasteiger partial charge in [0.05, 0.1) is 0 Å². The summed E-state index contributed by atoms with van der Waals surface area (Å²) in [6, 6.07) is 11.3. The molecule has 0 spiro atoms. The van der Waals surface area contributed by atoms with E-state index in [1.807, 2.05) is 12.2 Å². The van der Waals surface area contributed by atoms with Gasteiger partial charge in [0.25, 0.3) is 0 Å². The molecular formula is C18H27N. The third-order valence-corrected chi connectivity index (χ3v) is 3.67. The van der Waals surface area contributed by atoms with E-state index >= 15 is 0 Å². The molecule has 0 aliphatic rings. The molecule has 0 bridgehead atoms. The van der Waals surface area contributed by atoms with Gasteiger partial charge in [0.2, 0.25) is 0 Å². The number of nitrogens with zero attached hydrogens (tertiary/aromatic N) is 1. The van der Waals surface area contributed by atoms with Crippen LogP contribution in [0, 0.1) is 5.92 Å². The summed E-state index contributed by atoms with van der Waals surface area (Å²) in [6.07, 6.45) is 6.27. The van der Waals surface area contributed by atoms with Gasteiger partial charge in [-0.15, -0.1) is 13.2 Å². The van der Waals surface area contributed by atoms with Crippen molar-refractivity contribution in [2.24, 2.45) is 5.92 Å². The molecule has 1 nitrogen and oxygen atoms in total. The predicted octanol–water partition coefficient (Wildman–Crippen LogP) is 4.67. The SMILES string of the molecule is C=CC[C@H](C)[C@H](CC)N(CC=C)Cc1ccccc1. The van der Waals surface area contributed by atoms with Crippen molar-refractivity contribution in [1.29, 1.82) is 0 Å². The highest BCUT2D eigenvalue weighted by molar-refractivity contribution is 5.14. The van der Waals surface area contributed by atoms with E-state index in [4.69, 9.17) is 0 Å². The minimum atomic E-state index is 0.580. The molecular weight excluding hydrogens is 230 g/mol. The second kappa shape index (κ2) is 8.71. The van der Waals surface area contributed by atoms with Gasteiger partial charge in [-0.25, -0.2) is 0 Å². The first-order valence-electron chi connectivity index (χ1n) is 7.22. The van der Waals surface area contributed by atoms with Crippen LogP contribution in [0.15, 0.2) is 55.6 Å². The zero-order chi connectivity index (χ0) is 14.1. The Hall–Kier alpha value is -1.34. The van der Waals surface area contributed by atoms with Gasteiger partial charge in [-0.3, -0.25) is 4.90 Å². The maximum atomic E-state index is 3.90. The molecule has 0 saturated heterocycles. The molecule has 104 valence electrons. The molecule has 1 aromatic rings. The molecule has 0 aliphatic heterocycles. The van der Waals surface area contributed by atoms with E-state index in [0.717, 1.165) is 25.9 Å². The second-order valence-corrected chi connectivity index (χ2v) is 5.18. The second-order valence-electron chi connectivity index (χ2n) is 5.18. The molecule has 0 radical (unpaired) electrons. The summed E-state index contributed by atoms with van der Waals surface area (Å²) in [4.78, 5) is 2.52. The molecule has 0 fully saturated rings. The van der Waals surface area contributed by atoms with E-state index in [2.05, 4.69) is 62.2 Å². The Bertz CT molecular complexity index is 369. The zero-order valence-electron chi connectivity index (χ0n) is 12.4. The molecule has 1 heteroatoms. The average Bonchev–Trinajstić information content (AvgIpc) is 2.41. The van der Waals surface area contributed by atoms with Gasteiger partial charge in [0, 0.05) is 19.1 Å². The predicted molar refractivity (Wildman–Crippen MR) is 85.1 cm³/mol. The van der Waals surface area contributed by atoms with Crippen molar-refractivity contribution in [3.63, 3.8) is 0 Å². The summed E-state index contributed by atoms with van der Waals surface area (Å²) in [6.45, 7) is 14.3. The fourth-order valence-electron chi connectivity index (χ4n) is 2.74. The first kappa shape index (κ1) is 15.7. The van der Waals surface area contributed by atoms with Crippen LogP contribution in [-0.4, -0.2) is 17.5 Å². The van der Waals surface area contributed by atoms with Crippen LogP contribution in [0.1, 0.15) is 32.3 Å². The summed E-state index contributed by atoms with van der Waals surface area (Å²) >= 11 is 0. The van der Waals surface area contributed by atoms with E-state index in [1.165, 1.54) is 5.56 Å². The highest BCUT2D eigenvalue weighted by Crippen LogP contribution is 2.20. The molecule has 0 amide bonds. The summed E-state index contributed by atoms with van der Waals surface area (Å²) in [7, 11) is 0. The molecule has 1 aromatic carbocycles. The molecule has 0 unspecified atom stereocenters. The monoisotopic (exact) mass is 257 g/mol. The van der Waals surface area contributed by atoms with Crippen LogP contribution in [0.4, 0.5) is 0 Å². The van der Waals surface area contributed by atoms with Crippen molar-refractivity contribution in [2.45, 2.75) is 39.3 Å². The molecule has 0 N–H and O–H groups in total. The van der Waals surface area contributed by atoms with E-state index in [9.17, 15) is 0 Å². The Morgan fingerprint density at radius 3 is 2.37 bits per heavy atom. The molecule has 2 atom stereocenters. The van der Waals surface area contributed by atoms with Gasteiger partial charge in [0.15, 0.2) is 0 Å². The van der Waals surface area contributed by atoms with Gasteiger partial charge >= 0.3 is 0 Å². The standard InChI is InChI=1S/C18H27N/c1-5-11-16(4)18(7-3)19(14-6-2)15-17-12-9-8-10-13-17/h5-6,8-10,12-13,16,18H,1-2,7,11,14-15H2,3-4H3/t16-,18-/m0/s1. The van der Waals surface area contributed by atoms with E-state index in [-0.39, 0.29) is 0 Å². The fraction of sp³-hybridized carbons (Fsp3) is 0.444. The Morgan fingerprint density at radius 1 is 1.16 bits per heavy atom. The van der Waals surface area contributed by atoms with Crippen LogP contribution in [0.25, 0.3) is 0 Å². The molecule has 0 heterocycles. The lowest BCUT2D eigenvalue weighted by atomic mass is 9.94. The smallest absolute Gasteiger partial charge is 0.0240 e. The first-order chi connectivity index (χ1) is 9.22. The van der Waals surface area contributed by atoms with Crippen LogP contribution in [0.2, 0.25) is 0 Å². The maximum Gasteiger partial charge on any atom is 0.0240 e. The fourth-order valence-corrected chi connectivity index (χ4v) is 2.74. The Kier molecular flexibility index (Phi) is 7.20. The van der Waals surface area contributed by atoms with Crippen molar-refractivity contribution >= 4 is 0 Å². The molecule has 0 aromatic heterocycles. The van der Waals surface area contributed by atoms with Crippen LogP contribution < -0.4 is 0 Å². The maximum absolute atomic E-state index is 3.90. The summed E-state index contributed by atoms with van der Waals surface area (Å²) in [5, 5.41) is 0. The van der Waals surface area contributed by atoms with Crippen molar-refractivity contribution in [1.82, 2.24) is 4.90 Å². The third-order valence-electron chi connectivity index (χ3n) is 3.67. The average molecular weight is 257 g/mol. The normalized spacial score (nSPS) is 14.1. The van der Waals surface area contributed by atoms with Gasteiger partial charge in [-0.05, 0) is 24.3 Å². The van der Waals surface area contributed by atoms with Crippen molar-refractivity contribution < 1.29 is 0 Å². The summed E-state index contributed by atoms with van der Waals surface area (Å²) in [5.41, 5.74) is 1.37. The van der Waals surface area contributed by atoms with Crippen molar-refractivity contribution in [3.8, 4) is 0 Å². The first-order valence-corrected chi connectivity index (χ1v) is 7.22. The van der Waals surface area contributed by atoms with Gasteiger partial charge in [-0.2, -0.15) is 0 Å². The lowest BCUT2D eigenvalue weighted by molar-refractivity contribution is 0.151. The zero-order valence-corrected chi connectivity index (χ0v) is 12.4. The van der Waals surface area contributed by atoms with E-state index in [0.29, 0.717) is 12.0 Å². The summed E-state index contributed by atoms with van der Waals surface area (Å²) in [5.74, 6) is 0.631. The highest BCUT2D eigenvalue weighted by Gasteiger charge is 2.21. The number of benzene rings is 1. The van der Waals surface area contributed by atoms with E-state index in [1.54, 1.807) is 0 Å². The van der Waals surface area contributed by atoms with Crippen molar-refractivity contribution in [3.05, 3.63) is 61.2 Å². The lowest BCUT2D eigenvalue weighted by Crippen LogP contribution is -2.39. The quantitative estimate of drug-likeness (QED) is 0.581. The minimum Gasteiger partial charge on any atom is -0.292 e. The topological polar surface area (TPSA) is 3.24 Å². The minimum absolute atomic E-state index is 0.580. The largest absolute Gasteiger partial charge is 0.292 e. The van der Waals surface area contributed by atoms with Crippen LogP contribution in [-0.2, 0) is 6.54 Å². The van der Waals surface area contributed by atoms with E-state index < -0.39 is 0 Å². The highest BCUT2D eigenvalue weighted by atomic mass is 15.2. The molecule has 0 saturated carbocycles. The van der Waals surface area contributed by atoms with Crippen LogP contribution in [0.3, 0.4) is 0 Å². The molecule has 19 heavy (non-hydrogen) atoms. The Morgan fingerprint density at radius 2 is 1.84 bits per heavy atom. The Labute approximate surface area is 118 Å². The lowest BCUT2D eigenvalue weighted by Gasteiger charge is -2.34. The van der Waals surface area contributed by atoms with Gasteiger partial charge < -0.3 is 0 Å². The van der Waals surface area contributed by atoms with Crippen LogP contribution in [0.5, 0.6) is 0 Å². The van der Waals surface area contributed by atoms with Gasteiger partial charge in [-0.1, -0.05) is 56.3 Å². The third kappa shape index (κ3) is 5.04. The summed E-state index contributed by atoms with van der Waals surface area (Å²) < 4.78 is 0. The van der Waals surface area contributed by atoms with Crippen molar-refractivity contribution in [2.75, 3.05) is 6.54 Å². The molecule has 0 aliphatic carbocycles. The van der Waals surface area contributed by atoms with Gasteiger partial charge in [0.1, 0.15) is 0 Å². The Balaban J connectivity index is 2.78. The number of hydrogen-bond acceptors (Lipinski definition) is 1.